The third-order valence-corrected chi connectivity index (χ3v) is 4.79. The molecule has 0 aliphatic rings. The summed E-state index contributed by atoms with van der Waals surface area (Å²) in [4.78, 5) is 9.68. The predicted octanol–water partition coefficient (Wildman–Crippen LogP) is 2.89. The summed E-state index contributed by atoms with van der Waals surface area (Å²) in [5.74, 6) is 0.857. The lowest BCUT2D eigenvalue weighted by atomic mass is 10.0. The highest BCUT2D eigenvalue weighted by molar-refractivity contribution is 7.17. The number of benzene rings is 1. The Kier molecular flexibility index (Phi) is 2.76. The van der Waals surface area contributed by atoms with Crippen LogP contribution in [-0.2, 0) is 7.05 Å². The van der Waals surface area contributed by atoms with Crippen molar-refractivity contribution in [3.63, 3.8) is 0 Å². The molecule has 0 saturated carbocycles. The molecule has 4 N–H and O–H groups in total. The monoisotopic (exact) mass is 320 g/mol. The SMILES string of the molecule is Cn1c(-c2c(C#N)c(N)nc3scc(N)c23)nc2ccccc21. The second-order valence-electron chi connectivity index (χ2n) is 5.21. The van der Waals surface area contributed by atoms with Crippen LogP contribution < -0.4 is 11.5 Å². The summed E-state index contributed by atoms with van der Waals surface area (Å²) in [6.07, 6.45) is 0. The maximum absolute atomic E-state index is 9.57. The fraction of sp³-hybridized carbons (Fsp3) is 0.0625. The molecule has 0 bridgehead atoms. The van der Waals surface area contributed by atoms with Crippen LogP contribution in [0.4, 0.5) is 11.5 Å². The Morgan fingerprint density at radius 1 is 1.22 bits per heavy atom. The molecule has 3 heterocycles. The molecule has 0 atom stereocenters. The Hall–Kier alpha value is -3.11. The maximum atomic E-state index is 9.57. The summed E-state index contributed by atoms with van der Waals surface area (Å²) >= 11 is 1.41. The quantitative estimate of drug-likeness (QED) is 0.561. The number of nitriles is 1. The minimum atomic E-state index is 0.198. The Bertz CT molecular complexity index is 1120. The molecule has 4 aromatic rings. The number of nitrogen functional groups attached to an aromatic ring is 2. The molecule has 0 radical (unpaired) electrons. The number of rotatable bonds is 1. The number of nitrogens with two attached hydrogens (primary N) is 2. The van der Waals surface area contributed by atoms with Gasteiger partial charge in [-0.25, -0.2) is 9.97 Å². The van der Waals surface area contributed by atoms with E-state index in [0.29, 0.717) is 27.5 Å². The summed E-state index contributed by atoms with van der Waals surface area (Å²) in [6.45, 7) is 0. The molecule has 0 unspecified atom stereocenters. The number of thiophene rings is 1. The van der Waals surface area contributed by atoms with Crippen LogP contribution >= 0.6 is 11.3 Å². The third-order valence-electron chi connectivity index (χ3n) is 3.90. The average molecular weight is 320 g/mol. The van der Waals surface area contributed by atoms with Crippen molar-refractivity contribution in [2.75, 3.05) is 11.5 Å². The van der Waals surface area contributed by atoms with Crippen LogP contribution in [0.5, 0.6) is 0 Å². The van der Waals surface area contributed by atoms with Gasteiger partial charge in [-0.3, -0.25) is 0 Å². The van der Waals surface area contributed by atoms with Crippen LogP contribution in [0.25, 0.3) is 32.6 Å². The number of aryl methyl sites for hydroxylation is 1. The summed E-state index contributed by atoms with van der Waals surface area (Å²) < 4.78 is 1.95. The summed E-state index contributed by atoms with van der Waals surface area (Å²) in [5.41, 5.74) is 15.5. The Labute approximate surface area is 135 Å². The molecule has 7 heteroatoms. The Balaban J connectivity index is 2.21. The second-order valence-corrected chi connectivity index (χ2v) is 6.07. The summed E-state index contributed by atoms with van der Waals surface area (Å²) in [6, 6.07) is 9.95. The molecule has 0 fully saturated rings. The fourth-order valence-electron chi connectivity index (χ4n) is 2.82. The van der Waals surface area contributed by atoms with E-state index in [4.69, 9.17) is 11.5 Å². The molecule has 0 spiro atoms. The second kappa shape index (κ2) is 4.69. The van der Waals surface area contributed by atoms with Crippen LogP contribution in [-0.4, -0.2) is 14.5 Å². The van der Waals surface area contributed by atoms with Gasteiger partial charge in [-0.2, -0.15) is 5.26 Å². The highest BCUT2D eigenvalue weighted by atomic mass is 32.1. The van der Waals surface area contributed by atoms with Gasteiger partial charge in [0.15, 0.2) is 0 Å². The third kappa shape index (κ3) is 1.79. The van der Waals surface area contributed by atoms with E-state index in [9.17, 15) is 5.26 Å². The van der Waals surface area contributed by atoms with Crippen LogP contribution in [0.2, 0.25) is 0 Å². The van der Waals surface area contributed by atoms with E-state index >= 15 is 0 Å². The molecule has 1 aromatic carbocycles. The van der Waals surface area contributed by atoms with E-state index in [-0.39, 0.29) is 5.82 Å². The first-order chi connectivity index (χ1) is 11.1. The molecule has 4 rings (SSSR count). The molecule has 0 amide bonds. The first-order valence-electron chi connectivity index (χ1n) is 6.90. The fourth-order valence-corrected chi connectivity index (χ4v) is 3.66. The highest BCUT2D eigenvalue weighted by Crippen LogP contribution is 2.40. The number of imidazole rings is 1. The van der Waals surface area contributed by atoms with Gasteiger partial charge < -0.3 is 16.0 Å². The molecule has 6 nitrogen and oxygen atoms in total. The normalized spacial score (nSPS) is 11.1. The van der Waals surface area contributed by atoms with E-state index < -0.39 is 0 Å². The largest absolute Gasteiger partial charge is 0.397 e. The van der Waals surface area contributed by atoms with E-state index in [1.807, 2.05) is 41.3 Å². The van der Waals surface area contributed by atoms with Crippen molar-refractivity contribution in [1.29, 1.82) is 5.26 Å². The molecule has 3 aromatic heterocycles. The van der Waals surface area contributed by atoms with Gasteiger partial charge in [0.05, 0.1) is 22.3 Å². The van der Waals surface area contributed by atoms with Crippen molar-refractivity contribution >= 4 is 44.1 Å². The van der Waals surface area contributed by atoms with Gasteiger partial charge in [0, 0.05) is 17.8 Å². The first kappa shape index (κ1) is 13.5. The Morgan fingerprint density at radius 3 is 2.74 bits per heavy atom. The van der Waals surface area contributed by atoms with Crippen LogP contribution in [0, 0.1) is 11.3 Å². The van der Waals surface area contributed by atoms with E-state index in [0.717, 1.165) is 16.4 Å². The van der Waals surface area contributed by atoms with Crippen molar-refractivity contribution in [3.05, 3.63) is 35.2 Å². The summed E-state index contributed by atoms with van der Waals surface area (Å²) in [5, 5.41) is 12.1. The number of anilines is 2. The van der Waals surface area contributed by atoms with Crippen molar-refractivity contribution in [3.8, 4) is 17.5 Å². The molecular weight excluding hydrogens is 308 g/mol. The van der Waals surface area contributed by atoms with Gasteiger partial charge >= 0.3 is 0 Å². The standard InChI is InChI=1S/C16H12N6S/c1-22-11-5-3-2-4-10(11)20-15(22)12-8(6-17)14(19)21-16-13(12)9(18)7-23-16/h2-5,7H,18H2,1H3,(H2,19,21). The topological polar surface area (TPSA) is 107 Å². The zero-order valence-corrected chi connectivity index (χ0v) is 13.1. The number of nitrogens with zero attached hydrogens (tertiary/aromatic N) is 4. The predicted molar refractivity (Wildman–Crippen MR) is 92.9 cm³/mol. The van der Waals surface area contributed by atoms with Gasteiger partial charge in [0.2, 0.25) is 0 Å². The number of pyridine rings is 1. The van der Waals surface area contributed by atoms with Crippen molar-refractivity contribution in [2.24, 2.45) is 7.05 Å². The van der Waals surface area contributed by atoms with Gasteiger partial charge in [0.25, 0.3) is 0 Å². The van der Waals surface area contributed by atoms with Crippen molar-refractivity contribution < 1.29 is 0 Å². The highest BCUT2D eigenvalue weighted by Gasteiger charge is 2.22. The van der Waals surface area contributed by atoms with Gasteiger partial charge in [0.1, 0.15) is 28.1 Å². The minimum Gasteiger partial charge on any atom is -0.397 e. The number of hydrogen-bond acceptors (Lipinski definition) is 6. The van der Waals surface area contributed by atoms with Crippen LogP contribution in [0.15, 0.2) is 29.6 Å². The van der Waals surface area contributed by atoms with Crippen molar-refractivity contribution in [1.82, 2.24) is 14.5 Å². The lowest BCUT2D eigenvalue weighted by molar-refractivity contribution is 0.960. The molecule has 0 aliphatic carbocycles. The number of aromatic nitrogens is 3. The molecular formula is C16H12N6S. The zero-order chi connectivity index (χ0) is 16.1. The van der Waals surface area contributed by atoms with Gasteiger partial charge in [-0.1, -0.05) is 12.1 Å². The van der Waals surface area contributed by atoms with Crippen LogP contribution in [0.3, 0.4) is 0 Å². The van der Waals surface area contributed by atoms with Crippen molar-refractivity contribution in [2.45, 2.75) is 0 Å². The minimum absolute atomic E-state index is 0.198. The van der Waals surface area contributed by atoms with E-state index in [1.165, 1.54) is 11.3 Å². The van der Waals surface area contributed by atoms with E-state index in [2.05, 4.69) is 16.0 Å². The smallest absolute Gasteiger partial charge is 0.143 e. The summed E-state index contributed by atoms with van der Waals surface area (Å²) in [7, 11) is 1.91. The lowest BCUT2D eigenvalue weighted by Gasteiger charge is -2.09. The molecule has 112 valence electrons. The number of hydrogen-bond donors (Lipinski definition) is 2. The van der Waals surface area contributed by atoms with E-state index in [1.54, 1.807) is 0 Å². The first-order valence-corrected chi connectivity index (χ1v) is 7.78. The Morgan fingerprint density at radius 2 is 2.00 bits per heavy atom. The van der Waals surface area contributed by atoms with Gasteiger partial charge in [-0.05, 0) is 12.1 Å². The lowest BCUT2D eigenvalue weighted by Crippen LogP contribution is -2.02. The molecule has 0 aliphatic heterocycles. The maximum Gasteiger partial charge on any atom is 0.143 e. The number of fused-ring (bicyclic) bond motifs is 2. The molecule has 0 saturated heterocycles. The van der Waals surface area contributed by atoms with Gasteiger partial charge in [-0.15, -0.1) is 11.3 Å². The average Bonchev–Trinajstić information content (AvgIpc) is 3.07. The zero-order valence-electron chi connectivity index (χ0n) is 12.2. The number of para-hydroxylation sites is 2. The van der Waals surface area contributed by atoms with Crippen LogP contribution in [0.1, 0.15) is 5.56 Å². The molecule has 23 heavy (non-hydrogen) atoms.